The molecule has 1 amide bonds. The van der Waals surface area contributed by atoms with E-state index in [-0.39, 0.29) is 12.7 Å². The highest BCUT2D eigenvalue weighted by atomic mass is 16.5. The number of ether oxygens (including phenoxy) is 2. The molecule has 3 aromatic carbocycles. The molecule has 0 saturated carbocycles. The zero-order valence-corrected chi connectivity index (χ0v) is 18.4. The number of anilines is 1. The number of hydrogen-bond donors (Lipinski definition) is 0. The second kappa shape index (κ2) is 8.43. The van der Waals surface area contributed by atoms with Gasteiger partial charge in [0, 0.05) is 12.0 Å². The van der Waals surface area contributed by atoms with Gasteiger partial charge in [0.2, 0.25) is 0 Å². The monoisotopic (exact) mass is 441 g/mol. The zero-order valence-electron chi connectivity index (χ0n) is 18.4. The molecular formula is C26H23N3O4. The molecule has 1 atom stereocenters. The first-order valence-electron chi connectivity index (χ1n) is 10.7. The summed E-state index contributed by atoms with van der Waals surface area (Å²) in [6.45, 7) is 0.164. The van der Waals surface area contributed by atoms with Crippen molar-refractivity contribution in [3.05, 3.63) is 89.5 Å². The Balaban J connectivity index is 1.52. The van der Waals surface area contributed by atoms with E-state index in [0.717, 1.165) is 28.3 Å². The number of hydrazone groups is 1. The van der Waals surface area contributed by atoms with Crippen molar-refractivity contribution in [3.63, 3.8) is 0 Å². The number of Topliss-reactive ketones (excluding diaryl/α,β-unsaturated/α-hetero) is 1. The second-order valence-electron chi connectivity index (χ2n) is 7.94. The van der Waals surface area contributed by atoms with Crippen LogP contribution in [0.2, 0.25) is 0 Å². The highest BCUT2D eigenvalue weighted by molar-refractivity contribution is 6.52. The molecular weight excluding hydrogens is 418 g/mol. The lowest BCUT2D eigenvalue weighted by atomic mass is 9.98. The van der Waals surface area contributed by atoms with E-state index in [1.807, 2.05) is 59.6 Å². The number of para-hydroxylation sites is 1. The molecule has 0 radical (unpaired) electrons. The molecule has 0 bridgehead atoms. The summed E-state index contributed by atoms with van der Waals surface area (Å²) in [5.74, 6) is 0.478. The molecule has 3 aromatic rings. The molecule has 0 unspecified atom stereocenters. The van der Waals surface area contributed by atoms with E-state index >= 15 is 0 Å². The Bertz CT molecular complexity index is 1270. The van der Waals surface area contributed by atoms with Crippen molar-refractivity contribution >= 4 is 23.1 Å². The number of carbonyl (C=O) groups excluding carboxylic acids is 2. The van der Waals surface area contributed by atoms with Crippen LogP contribution in [0.1, 0.15) is 33.9 Å². The van der Waals surface area contributed by atoms with Crippen LogP contribution in [0.15, 0.2) is 77.9 Å². The summed E-state index contributed by atoms with van der Waals surface area (Å²) in [6, 6.07) is 22.5. The van der Waals surface area contributed by atoms with E-state index in [1.165, 1.54) is 4.90 Å². The average molecular weight is 441 g/mol. The van der Waals surface area contributed by atoms with E-state index in [9.17, 15) is 9.59 Å². The van der Waals surface area contributed by atoms with Crippen LogP contribution in [0, 0.1) is 0 Å². The first kappa shape index (κ1) is 20.8. The third kappa shape index (κ3) is 3.71. The van der Waals surface area contributed by atoms with Crippen molar-refractivity contribution in [3.8, 4) is 11.5 Å². The molecule has 0 aromatic heterocycles. The molecule has 166 valence electrons. The molecule has 2 aliphatic rings. The van der Waals surface area contributed by atoms with Crippen molar-refractivity contribution < 1.29 is 19.1 Å². The lowest BCUT2D eigenvalue weighted by Gasteiger charge is -2.28. The first-order chi connectivity index (χ1) is 16.1. The molecule has 2 aliphatic heterocycles. The Morgan fingerprint density at radius 1 is 0.909 bits per heavy atom. The number of amides is 1. The third-order valence-corrected chi connectivity index (χ3v) is 6.04. The number of methoxy groups -OCH3 is 2. The third-order valence-electron chi connectivity index (χ3n) is 6.04. The minimum absolute atomic E-state index is 0.128. The highest BCUT2D eigenvalue weighted by Gasteiger charge is 2.39. The molecule has 0 fully saturated rings. The van der Waals surface area contributed by atoms with Gasteiger partial charge in [0.05, 0.1) is 37.2 Å². The Kier molecular flexibility index (Phi) is 5.30. The van der Waals surface area contributed by atoms with Crippen LogP contribution in [0.25, 0.3) is 0 Å². The van der Waals surface area contributed by atoms with Crippen molar-refractivity contribution in [2.75, 3.05) is 25.8 Å². The van der Waals surface area contributed by atoms with Gasteiger partial charge in [-0.15, -0.1) is 0 Å². The minimum Gasteiger partial charge on any atom is -0.497 e. The van der Waals surface area contributed by atoms with E-state index in [0.29, 0.717) is 17.7 Å². The summed E-state index contributed by atoms with van der Waals surface area (Å²) < 4.78 is 10.8. The first-order valence-corrected chi connectivity index (χ1v) is 10.7. The number of rotatable bonds is 6. The Morgan fingerprint density at radius 2 is 1.64 bits per heavy atom. The summed E-state index contributed by atoms with van der Waals surface area (Å²) in [5.41, 5.74) is 3.89. The molecule has 0 aliphatic carbocycles. The van der Waals surface area contributed by atoms with Crippen molar-refractivity contribution in [1.29, 1.82) is 0 Å². The topological polar surface area (TPSA) is 71.4 Å². The molecule has 0 saturated heterocycles. The van der Waals surface area contributed by atoms with Gasteiger partial charge in [-0.05, 0) is 42.0 Å². The van der Waals surface area contributed by atoms with Gasteiger partial charge >= 0.3 is 5.91 Å². The van der Waals surface area contributed by atoms with Crippen LogP contribution in [-0.4, -0.2) is 43.3 Å². The van der Waals surface area contributed by atoms with Gasteiger partial charge in [-0.1, -0.05) is 36.4 Å². The maximum Gasteiger partial charge on any atom is 0.301 e. The quantitative estimate of drug-likeness (QED) is 0.540. The molecule has 7 nitrogen and oxygen atoms in total. The van der Waals surface area contributed by atoms with Gasteiger partial charge in [-0.2, -0.15) is 5.10 Å². The van der Waals surface area contributed by atoms with Crippen LogP contribution in [0.5, 0.6) is 11.5 Å². The maximum absolute atomic E-state index is 12.8. The molecule has 33 heavy (non-hydrogen) atoms. The highest BCUT2D eigenvalue weighted by Crippen LogP contribution is 2.37. The number of nitrogens with zero attached hydrogens (tertiary/aromatic N) is 3. The second-order valence-corrected chi connectivity index (χ2v) is 7.94. The summed E-state index contributed by atoms with van der Waals surface area (Å²) in [4.78, 5) is 26.8. The zero-order chi connectivity index (χ0) is 22.9. The van der Waals surface area contributed by atoms with Gasteiger partial charge in [0.1, 0.15) is 18.2 Å². The summed E-state index contributed by atoms with van der Waals surface area (Å²) in [6.07, 6.45) is 0.637. The fourth-order valence-corrected chi connectivity index (χ4v) is 4.33. The molecule has 0 N–H and O–H groups in total. The predicted molar refractivity (Wildman–Crippen MR) is 125 cm³/mol. The lowest BCUT2D eigenvalue weighted by Crippen LogP contribution is -2.39. The van der Waals surface area contributed by atoms with Gasteiger partial charge in [0.25, 0.3) is 5.78 Å². The SMILES string of the molecule is COc1cccc(C2=NN(CN3C(=O)C(=O)c4ccccc43)[C@H](c3cccc(OC)c3)C2)c1. The average Bonchev–Trinajstić information content (AvgIpc) is 3.40. The summed E-state index contributed by atoms with van der Waals surface area (Å²) >= 11 is 0. The van der Waals surface area contributed by atoms with Gasteiger partial charge in [-0.25, -0.2) is 0 Å². The van der Waals surface area contributed by atoms with Gasteiger partial charge < -0.3 is 9.47 Å². The van der Waals surface area contributed by atoms with Crippen LogP contribution >= 0.6 is 0 Å². The summed E-state index contributed by atoms with van der Waals surface area (Å²) in [7, 11) is 3.27. The van der Waals surface area contributed by atoms with E-state index in [2.05, 4.69) is 0 Å². The number of fused-ring (bicyclic) bond motifs is 1. The predicted octanol–water partition coefficient (Wildman–Crippen LogP) is 4.04. The molecule has 0 spiro atoms. The Hall–Kier alpha value is -4.13. The van der Waals surface area contributed by atoms with Crippen LogP contribution in [0.4, 0.5) is 5.69 Å². The maximum atomic E-state index is 12.8. The summed E-state index contributed by atoms with van der Waals surface area (Å²) in [5, 5.41) is 6.76. The smallest absolute Gasteiger partial charge is 0.301 e. The van der Waals surface area contributed by atoms with E-state index in [1.54, 1.807) is 32.4 Å². The number of ketones is 1. The van der Waals surface area contributed by atoms with Gasteiger partial charge in [-0.3, -0.25) is 19.5 Å². The minimum atomic E-state index is -0.536. The molecule has 5 rings (SSSR count). The largest absolute Gasteiger partial charge is 0.497 e. The van der Waals surface area contributed by atoms with Gasteiger partial charge in [0.15, 0.2) is 0 Å². The lowest BCUT2D eigenvalue weighted by molar-refractivity contribution is -0.114. The Morgan fingerprint density at radius 3 is 2.42 bits per heavy atom. The normalized spacial score (nSPS) is 17.3. The van der Waals surface area contributed by atoms with E-state index in [4.69, 9.17) is 14.6 Å². The van der Waals surface area contributed by atoms with Crippen LogP contribution in [-0.2, 0) is 4.79 Å². The molecule has 2 heterocycles. The van der Waals surface area contributed by atoms with Crippen molar-refractivity contribution in [2.24, 2.45) is 5.10 Å². The fraction of sp³-hybridized carbons (Fsp3) is 0.192. The van der Waals surface area contributed by atoms with Crippen molar-refractivity contribution in [1.82, 2.24) is 5.01 Å². The van der Waals surface area contributed by atoms with Crippen molar-refractivity contribution in [2.45, 2.75) is 12.5 Å². The number of benzene rings is 3. The molecule has 7 heteroatoms. The van der Waals surface area contributed by atoms with E-state index < -0.39 is 11.7 Å². The van der Waals surface area contributed by atoms with Crippen LogP contribution in [0.3, 0.4) is 0 Å². The number of hydrogen-bond acceptors (Lipinski definition) is 6. The fourth-order valence-electron chi connectivity index (χ4n) is 4.33. The standard InChI is InChI=1S/C26H23N3O4/c1-32-19-9-5-7-17(13-19)22-15-24(18-8-6-10-20(14-18)33-2)29(27-22)16-28-23-12-4-3-11-21(23)25(30)26(28)31/h3-14,24H,15-16H2,1-2H3/t24-/m0/s1. The van der Waals surface area contributed by atoms with Crippen LogP contribution < -0.4 is 14.4 Å². The Labute approximate surface area is 191 Å². The number of carbonyl (C=O) groups is 2.